The fourth-order valence-corrected chi connectivity index (χ4v) is 2.83. The van der Waals surface area contributed by atoms with E-state index < -0.39 is 6.09 Å². The molecule has 0 aliphatic rings. The monoisotopic (exact) mass is 379 g/mol. The molecule has 1 N–H and O–H groups in total. The first-order valence-electron chi connectivity index (χ1n) is 8.60. The molecular formula is C21H21N3O4. The van der Waals surface area contributed by atoms with Gasteiger partial charge in [-0.25, -0.2) is 14.8 Å². The van der Waals surface area contributed by atoms with Crippen molar-refractivity contribution in [2.24, 2.45) is 0 Å². The zero-order valence-electron chi connectivity index (χ0n) is 15.9. The van der Waals surface area contributed by atoms with E-state index in [1.807, 2.05) is 42.5 Å². The number of nitrogens with one attached hydrogen (secondary N) is 1. The summed E-state index contributed by atoms with van der Waals surface area (Å²) < 4.78 is 15.4. The minimum Gasteiger partial charge on any atom is -0.496 e. The number of hydrogen-bond acceptors (Lipinski definition) is 6. The zero-order valence-corrected chi connectivity index (χ0v) is 15.9. The molecule has 0 atom stereocenters. The number of para-hydroxylation sites is 1. The lowest BCUT2D eigenvalue weighted by Crippen LogP contribution is -2.12. The molecule has 0 saturated heterocycles. The van der Waals surface area contributed by atoms with Gasteiger partial charge in [-0.15, -0.1) is 0 Å². The quantitative estimate of drug-likeness (QED) is 0.699. The third kappa shape index (κ3) is 4.37. The van der Waals surface area contributed by atoms with Gasteiger partial charge in [0, 0.05) is 17.7 Å². The van der Waals surface area contributed by atoms with Crippen molar-refractivity contribution in [3.63, 3.8) is 0 Å². The third-order valence-electron chi connectivity index (χ3n) is 4.18. The van der Waals surface area contributed by atoms with Crippen molar-refractivity contribution >= 4 is 11.8 Å². The average Bonchev–Trinajstić information content (AvgIpc) is 2.74. The van der Waals surface area contributed by atoms with Gasteiger partial charge < -0.3 is 14.2 Å². The van der Waals surface area contributed by atoms with E-state index in [2.05, 4.69) is 20.0 Å². The minimum absolute atomic E-state index is 0.533. The first-order chi connectivity index (χ1) is 13.6. The van der Waals surface area contributed by atoms with Crippen LogP contribution in [0.25, 0.3) is 11.3 Å². The first kappa shape index (κ1) is 19.2. The van der Waals surface area contributed by atoms with Crippen molar-refractivity contribution in [3.8, 4) is 22.8 Å². The SMILES string of the molecule is COC(=O)Nc1cc(Cc2cc(-c3ccccc3OC)ncn2)ccc1OC. The predicted molar refractivity (Wildman–Crippen MR) is 106 cm³/mol. The Bertz CT molecular complexity index is 975. The fraction of sp³-hybridized carbons (Fsp3) is 0.190. The zero-order chi connectivity index (χ0) is 19.9. The molecule has 0 unspecified atom stereocenters. The normalized spacial score (nSPS) is 10.2. The summed E-state index contributed by atoms with van der Waals surface area (Å²) in [6, 6.07) is 15.2. The number of rotatable bonds is 6. The van der Waals surface area contributed by atoms with Crippen molar-refractivity contribution < 1.29 is 19.0 Å². The van der Waals surface area contributed by atoms with Crippen LogP contribution in [-0.4, -0.2) is 37.4 Å². The van der Waals surface area contributed by atoms with Crippen molar-refractivity contribution in [2.45, 2.75) is 6.42 Å². The van der Waals surface area contributed by atoms with Gasteiger partial charge in [0.05, 0.1) is 32.7 Å². The van der Waals surface area contributed by atoms with Crippen LogP contribution in [-0.2, 0) is 11.2 Å². The van der Waals surface area contributed by atoms with Gasteiger partial charge in [-0.1, -0.05) is 18.2 Å². The maximum absolute atomic E-state index is 11.6. The summed E-state index contributed by atoms with van der Waals surface area (Å²) >= 11 is 0. The molecule has 3 rings (SSSR count). The molecule has 1 heterocycles. The number of ether oxygens (including phenoxy) is 3. The van der Waals surface area contributed by atoms with Gasteiger partial charge in [0.15, 0.2) is 0 Å². The molecule has 0 aliphatic carbocycles. The van der Waals surface area contributed by atoms with Crippen molar-refractivity contribution in [1.82, 2.24) is 9.97 Å². The summed E-state index contributed by atoms with van der Waals surface area (Å²) in [7, 11) is 4.49. The van der Waals surface area contributed by atoms with E-state index in [1.165, 1.54) is 13.4 Å². The van der Waals surface area contributed by atoms with E-state index in [0.717, 1.165) is 28.3 Å². The highest BCUT2D eigenvalue weighted by molar-refractivity contribution is 5.86. The van der Waals surface area contributed by atoms with Crippen molar-refractivity contribution in [2.75, 3.05) is 26.6 Å². The second-order valence-electron chi connectivity index (χ2n) is 5.92. The Balaban J connectivity index is 1.88. The maximum Gasteiger partial charge on any atom is 0.411 e. The molecule has 2 aromatic carbocycles. The summed E-state index contributed by atoms with van der Waals surface area (Å²) in [4.78, 5) is 20.3. The molecule has 0 bridgehead atoms. The Morgan fingerprint density at radius 2 is 1.75 bits per heavy atom. The number of carbonyl (C=O) groups excluding carboxylic acids is 1. The Kier molecular flexibility index (Phi) is 6.06. The van der Waals surface area contributed by atoms with E-state index >= 15 is 0 Å². The molecule has 144 valence electrons. The Hall–Kier alpha value is -3.61. The Morgan fingerprint density at radius 3 is 2.50 bits per heavy atom. The fourth-order valence-electron chi connectivity index (χ4n) is 2.83. The van der Waals surface area contributed by atoms with E-state index in [4.69, 9.17) is 9.47 Å². The number of hydrogen-bond donors (Lipinski definition) is 1. The lowest BCUT2D eigenvalue weighted by atomic mass is 10.1. The van der Waals surface area contributed by atoms with Gasteiger partial charge in [-0.3, -0.25) is 5.32 Å². The van der Waals surface area contributed by atoms with Gasteiger partial charge in [0.2, 0.25) is 0 Å². The van der Waals surface area contributed by atoms with Crippen LogP contribution in [0, 0.1) is 0 Å². The topological polar surface area (TPSA) is 82.6 Å². The van der Waals surface area contributed by atoms with E-state index in [1.54, 1.807) is 20.3 Å². The highest BCUT2D eigenvalue weighted by Gasteiger charge is 2.11. The van der Waals surface area contributed by atoms with Crippen LogP contribution in [0.5, 0.6) is 11.5 Å². The lowest BCUT2D eigenvalue weighted by molar-refractivity contribution is 0.187. The maximum atomic E-state index is 11.6. The molecule has 0 saturated carbocycles. The molecule has 0 aliphatic heterocycles. The molecule has 7 nitrogen and oxygen atoms in total. The number of amides is 1. The summed E-state index contributed by atoms with van der Waals surface area (Å²) in [6.45, 7) is 0. The van der Waals surface area contributed by atoms with Crippen molar-refractivity contribution in [1.29, 1.82) is 0 Å². The summed E-state index contributed by atoms with van der Waals surface area (Å²) in [5.41, 5.74) is 4.01. The summed E-state index contributed by atoms with van der Waals surface area (Å²) in [5.74, 6) is 1.30. The second-order valence-corrected chi connectivity index (χ2v) is 5.92. The van der Waals surface area contributed by atoms with Gasteiger partial charge in [-0.05, 0) is 35.9 Å². The second kappa shape index (κ2) is 8.85. The number of aromatic nitrogens is 2. The molecule has 0 spiro atoms. The van der Waals surface area contributed by atoms with Crippen LogP contribution in [0.15, 0.2) is 54.9 Å². The summed E-state index contributed by atoms with van der Waals surface area (Å²) in [5, 5.41) is 2.65. The van der Waals surface area contributed by atoms with Crippen LogP contribution in [0.1, 0.15) is 11.3 Å². The van der Waals surface area contributed by atoms with E-state index in [9.17, 15) is 4.79 Å². The standard InChI is InChI=1S/C21H21N3O4/c1-26-19-7-5-4-6-16(19)17-12-15(22-13-23-17)10-14-8-9-20(27-2)18(11-14)24-21(25)28-3/h4-9,11-13H,10H2,1-3H3,(H,24,25). The largest absolute Gasteiger partial charge is 0.496 e. The predicted octanol–water partition coefficient (Wildman–Crippen LogP) is 3.93. The molecule has 3 aromatic rings. The minimum atomic E-state index is -0.559. The van der Waals surface area contributed by atoms with E-state index in [-0.39, 0.29) is 0 Å². The summed E-state index contributed by atoms with van der Waals surface area (Å²) in [6.07, 6.45) is 1.54. The van der Waals surface area contributed by atoms with Gasteiger partial charge in [-0.2, -0.15) is 0 Å². The lowest BCUT2D eigenvalue weighted by Gasteiger charge is -2.12. The van der Waals surface area contributed by atoms with Crippen LogP contribution in [0.2, 0.25) is 0 Å². The Labute approximate surface area is 163 Å². The van der Waals surface area contributed by atoms with Crippen molar-refractivity contribution in [3.05, 3.63) is 66.1 Å². The number of carbonyl (C=O) groups is 1. The van der Waals surface area contributed by atoms with Crippen LogP contribution in [0.3, 0.4) is 0 Å². The van der Waals surface area contributed by atoms with Gasteiger partial charge >= 0.3 is 6.09 Å². The molecule has 1 aromatic heterocycles. The average molecular weight is 379 g/mol. The molecule has 28 heavy (non-hydrogen) atoms. The molecular weight excluding hydrogens is 358 g/mol. The van der Waals surface area contributed by atoms with E-state index in [0.29, 0.717) is 17.9 Å². The van der Waals surface area contributed by atoms with Crippen LogP contribution >= 0.6 is 0 Å². The smallest absolute Gasteiger partial charge is 0.411 e. The van der Waals surface area contributed by atoms with Crippen LogP contribution < -0.4 is 14.8 Å². The first-order valence-corrected chi connectivity index (χ1v) is 8.60. The van der Waals surface area contributed by atoms with Crippen LogP contribution in [0.4, 0.5) is 10.5 Å². The van der Waals surface area contributed by atoms with Gasteiger partial charge in [0.25, 0.3) is 0 Å². The Morgan fingerprint density at radius 1 is 0.964 bits per heavy atom. The third-order valence-corrected chi connectivity index (χ3v) is 4.18. The molecule has 1 amide bonds. The number of methoxy groups -OCH3 is 3. The molecule has 0 fully saturated rings. The highest BCUT2D eigenvalue weighted by atomic mass is 16.5. The molecule has 7 heteroatoms. The molecule has 0 radical (unpaired) electrons. The number of nitrogens with zero attached hydrogens (tertiary/aromatic N) is 2. The van der Waals surface area contributed by atoms with Gasteiger partial charge in [0.1, 0.15) is 17.8 Å². The number of anilines is 1. The number of benzene rings is 2. The highest BCUT2D eigenvalue weighted by Crippen LogP contribution is 2.29.